The van der Waals surface area contributed by atoms with Crippen molar-refractivity contribution in [2.45, 2.75) is 6.92 Å². The highest BCUT2D eigenvalue weighted by molar-refractivity contribution is 6.01. The van der Waals surface area contributed by atoms with Crippen LogP contribution in [0.25, 0.3) is 22.3 Å². The third-order valence-corrected chi connectivity index (χ3v) is 3.65. The molecule has 1 heterocycles. The smallest absolute Gasteiger partial charge is 0.355 e. The maximum absolute atomic E-state index is 13.2. The molecule has 0 aliphatic carbocycles. The monoisotopic (exact) mass is 327 g/mol. The number of ether oxygens (including phenoxy) is 1. The fraction of sp³-hybridized carbons (Fsp3) is 0.105. The average molecular weight is 327 g/mol. The summed E-state index contributed by atoms with van der Waals surface area (Å²) >= 11 is 0. The first kappa shape index (κ1) is 15.9. The maximum atomic E-state index is 13.2. The van der Waals surface area contributed by atoms with Crippen molar-refractivity contribution in [2.75, 3.05) is 6.61 Å². The Bertz CT molecular complexity index is 852. The van der Waals surface area contributed by atoms with E-state index in [1.165, 1.54) is 24.3 Å². The molecule has 0 radical (unpaired) electrons. The molecule has 0 fully saturated rings. The number of hydrogen-bond acceptors (Lipinski definition) is 2. The van der Waals surface area contributed by atoms with Crippen LogP contribution in [-0.4, -0.2) is 17.6 Å². The maximum Gasteiger partial charge on any atom is 0.355 e. The zero-order valence-corrected chi connectivity index (χ0v) is 13.0. The van der Waals surface area contributed by atoms with Gasteiger partial charge >= 0.3 is 5.97 Å². The predicted molar refractivity (Wildman–Crippen MR) is 87.5 cm³/mol. The zero-order chi connectivity index (χ0) is 17.1. The predicted octanol–water partition coefficient (Wildman–Crippen LogP) is 4.80. The molecule has 0 saturated carbocycles. The Kier molecular flexibility index (Phi) is 4.42. The highest BCUT2D eigenvalue weighted by Crippen LogP contribution is 2.35. The molecule has 0 spiro atoms. The number of carbonyl (C=O) groups is 1. The summed E-state index contributed by atoms with van der Waals surface area (Å²) in [5.74, 6) is -1.20. The van der Waals surface area contributed by atoms with Crippen molar-refractivity contribution in [3.63, 3.8) is 0 Å². The molecular weight excluding hydrogens is 312 g/mol. The van der Waals surface area contributed by atoms with E-state index >= 15 is 0 Å². The molecule has 0 saturated heterocycles. The summed E-state index contributed by atoms with van der Waals surface area (Å²) in [6.45, 7) is 1.96. The van der Waals surface area contributed by atoms with E-state index in [0.717, 1.165) is 5.56 Å². The SMILES string of the molecule is CCOC(=O)c1[nH]cc(-c2ccc(F)cc2)c1-c1ccc(F)cc1. The van der Waals surface area contributed by atoms with Crippen molar-refractivity contribution < 1.29 is 18.3 Å². The second kappa shape index (κ2) is 6.66. The number of nitrogens with one attached hydrogen (secondary N) is 1. The fourth-order valence-corrected chi connectivity index (χ4v) is 2.56. The molecular formula is C19H15F2NO2. The quantitative estimate of drug-likeness (QED) is 0.699. The molecule has 0 atom stereocenters. The second-order valence-electron chi connectivity index (χ2n) is 5.19. The number of aromatic nitrogens is 1. The minimum absolute atomic E-state index is 0.243. The van der Waals surface area contributed by atoms with Gasteiger partial charge in [0.25, 0.3) is 0 Å². The van der Waals surface area contributed by atoms with Gasteiger partial charge in [-0.05, 0) is 42.3 Å². The van der Waals surface area contributed by atoms with Gasteiger partial charge in [-0.3, -0.25) is 0 Å². The molecule has 24 heavy (non-hydrogen) atoms. The lowest BCUT2D eigenvalue weighted by atomic mass is 9.96. The summed E-state index contributed by atoms with van der Waals surface area (Å²) < 4.78 is 31.5. The van der Waals surface area contributed by atoms with Gasteiger partial charge in [0, 0.05) is 17.3 Å². The van der Waals surface area contributed by atoms with E-state index in [0.29, 0.717) is 16.7 Å². The van der Waals surface area contributed by atoms with E-state index in [-0.39, 0.29) is 23.9 Å². The van der Waals surface area contributed by atoms with Crippen LogP contribution in [0.1, 0.15) is 17.4 Å². The first-order valence-corrected chi connectivity index (χ1v) is 7.50. The van der Waals surface area contributed by atoms with Gasteiger partial charge in [0.2, 0.25) is 0 Å². The van der Waals surface area contributed by atoms with Crippen LogP contribution in [0.5, 0.6) is 0 Å². The number of halogens is 2. The minimum atomic E-state index is -0.495. The molecule has 1 N–H and O–H groups in total. The van der Waals surface area contributed by atoms with E-state index in [1.54, 1.807) is 37.4 Å². The zero-order valence-electron chi connectivity index (χ0n) is 13.0. The number of esters is 1. The van der Waals surface area contributed by atoms with Crippen LogP contribution < -0.4 is 0 Å². The Morgan fingerprint density at radius 3 is 2.04 bits per heavy atom. The molecule has 122 valence electrons. The van der Waals surface area contributed by atoms with Crippen LogP contribution in [0, 0.1) is 11.6 Å². The van der Waals surface area contributed by atoms with Crippen LogP contribution in [0.3, 0.4) is 0 Å². The number of hydrogen-bond donors (Lipinski definition) is 1. The van der Waals surface area contributed by atoms with Crippen molar-refractivity contribution in [3.05, 3.63) is 72.1 Å². The Morgan fingerprint density at radius 1 is 0.958 bits per heavy atom. The fourth-order valence-electron chi connectivity index (χ4n) is 2.56. The topological polar surface area (TPSA) is 42.1 Å². The molecule has 0 amide bonds. The van der Waals surface area contributed by atoms with Crippen molar-refractivity contribution in [1.29, 1.82) is 0 Å². The van der Waals surface area contributed by atoms with Crippen molar-refractivity contribution in [2.24, 2.45) is 0 Å². The third-order valence-electron chi connectivity index (χ3n) is 3.65. The average Bonchev–Trinajstić information content (AvgIpc) is 3.01. The normalized spacial score (nSPS) is 10.6. The van der Waals surface area contributed by atoms with Crippen LogP contribution in [0.2, 0.25) is 0 Å². The van der Waals surface area contributed by atoms with Crippen LogP contribution in [-0.2, 0) is 4.74 Å². The standard InChI is InChI=1S/C19H15F2NO2/c1-2-24-19(23)18-17(13-5-9-15(21)10-6-13)16(11-22-18)12-3-7-14(20)8-4-12/h3-11,22H,2H2,1H3. The molecule has 3 aromatic rings. The number of benzene rings is 2. The van der Waals surface area contributed by atoms with Gasteiger partial charge in [-0.1, -0.05) is 24.3 Å². The Hall–Kier alpha value is -2.95. The molecule has 0 bridgehead atoms. The van der Waals surface area contributed by atoms with E-state index in [1.807, 2.05) is 0 Å². The highest BCUT2D eigenvalue weighted by atomic mass is 19.1. The molecule has 2 aromatic carbocycles. The molecule has 0 unspecified atom stereocenters. The van der Waals surface area contributed by atoms with Gasteiger partial charge in [-0.15, -0.1) is 0 Å². The third kappa shape index (κ3) is 3.06. The van der Waals surface area contributed by atoms with Gasteiger partial charge < -0.3 is 9.72 Å². The van der Waals surface area contributed by atoms with Crippen LogP contribution in [0.4, 0.5) is 8.78 Å². The van der Waals surface area contributed by atoms with Crippen molar-refractivity contribution >= 4 is 5.97 Å². The molecule has 1 aromatic heterocycles. The first-order valence-electron chi connectivity index (χ1n) is 7.50. The van der Waals surface area contributed by atoms with E-state index in [4.69, 9.17) is 4.74 Å². The van der Waals surface area contributed by atoms with Crippen LogP contribution in [0.15, 0.2) is 54.7 Å². The molecule has 3 rings (SSSR count). The molecule has 0 aliphatic heterocycles. The minimum Gasteiger partial charge on any atom is -0.461 e. The van der Waals surface area contributed by atoms with Gasteiger partial charge in [0.15, 0.2) is 0 Å². The summed E-state index contributed by atoms with van der Waals surface area (Å²) in [6.07, 6.45) is 1.66. The Morgan fingerprint density at radius 2 is 1.50 bits per heavy atom. The van der Waals surface area contributed by atoms with Gasteiger partial charge in [0.1, 0.15) is 17.3 Å². The highest BCUT2D eigenvalue weighted by Gasteiger charge is 2.21. The first-order chi connectivity index (χ1) is 11.6. The lowest BCUT2D eigenvalue weighted by Gasteiger charge is -2.08. The van der Waals surface area contributed by atoms with E-state index in [2.05, 4.69) is 4.98 Å². The van der Waals surface area contributed by atoms with Crippen molar-refractivity contribution in [3.8, 4) is 22.3 Å². The van der Waals surface area contributed by atoms with Gasteiger partial charge in [0.05, 0.1) is 6.61 Å². The summed E-state index contributed by atoms with van der Waals surface area (Å²) in [4.78, 5) is 15.1. The number of aromatic amines is 1. The lowest BCUT2D eigenvalue weighted by Crippen LogP contribution is -2.06. The number of rotatable bonds is 4. The number of H-pyrrole nitrogens is 1. The van der Waals surface area contributed by atoms with E-state index < -0.39 is 5.97 Å². The van der Waals surface area contributed by atoms with E-state index in [9.17, 15) is 13.6 Å². The summed E-state index contributed by atoms with van der Waals surface area (Å²) in [5.41, 5.74) is 3.00. The Balaban J connectivity index is 2.17. The number of carbonyl (C=O) groups excluding carboxylic acids is 1. The summed E-state index contributed by atoms with van der Waals surface area (Å²) in [6, 6.07) is 11.8. The van der Waals surface area contributed by atoms with Gasteiger partial charge in [-0.2, -0.15) is 0 Å². The second-order valence-corrected chi connectivity index (χ2v) is 5.19. The van der Waals surface area contributed by atoms with Crippen LogP contribution >= 0.6 is 0 Å². The molecule has 5 heteroatoms. The van der Waals surface area contributed by atoms with Gasteiger partial charge in [-0.25, -0.2) is 13.6 Å². The molecule has 3 nitrogen and oxygen atoms in total. The molecule has 0 aliphatic rings. The summed E-state index contributed by atoms with van der Waals surface area (Å²) in [7, 11) is 0. The van der Waals surface area contributed by atoms with Crippen molar-refractivity contribution in [1.82, 2.24) is 4.98 Å². The Labute approximate surface area is 137 Å². The largest absolute Gasteiger partial charge is 0.461 e. The summed E-state index contributed by atoms with van der Waals surface area (Å²) in [5, 5.41) is 0. The lowest BCUT2D eigenvalue weighted by molar-refractivity contribution is 0.0521.